The van der Waals surface area contributed by atoms with Crippen LogP contribution < -0.4 is 20.1 Å². The molecular weight excluding hydrogens is 565 g/mol. The van der Waals surface area contributed by atoms with Gasteiger partial charge in [0.05, 0.1) is 23.6 Å². The molecule has 3 aromatic rings. The number of carbonyl (C=O) groups is 2. The molecule has 224 valence electrons. The van der Waals surface area contributed by atoms with Crippen molar-refractivity contribution in [1.29, 1.82) is 0 Å². The van der Waals surface area contributed by atoms with Gasteiger partial charge in [0.2, 0.25) is 5.91 Å². The number of anilines is 1. The number of aliphatic hydroxyl groups excluding tert-OH is 1. The number of alkyl halides is 3. The van der Waals surface area contributed by atoms with Crippen LogP contribution in [0.4, 0.5) is 19.0 Å². The van der Waals surface area contributed by atoms with E-state index in [1.165, 1.54) is 12.1 Å². The second-order valence-corrected chi connectivity index (χ2v) is 11.5. The van der Waals surface area contributed by atoms with Gasteiger partial charge in [-0.1, -0.05) is 6.07 Å². The highest BCUT2D eigenvalue weighted by Crippen LogP contribution is 2.54. The van der Waals surface area contributed by atoms with Crippen LogP contribution in [-0.2, 0) is 23.9 Å². The van der Waals surface area contributed by atoms with Gasteiger partial charge in [0, 0.05) is 42.4 Å². The molecule has 12 heteroatoms. The molecule has 0 spiro atoms. The van der Waals surface area contributed by atoms with Gasteiger partial charge in [-0.2, -0.15) is 13.2 Å². The van der Waals surface area contributed by atoms with Crippen LogP contribution in [0.25, 0.3) is 0 Å². The van der Waals surface area contributed by atoms with E-state index in [-0.39, 0.29) is 41.6 Å². The van der Waals surface area contributed by atoms with E-state index in [4.69, 9.17) is 9.47 Å². The van der Waals surface area contributed by atoms with Crippen LogP contribution in [0, 0.1) is 0 Å². The number of hydrogen-bond acceptors (Lipinski definition) is 7. The summed E-state index contributed by atoms with van der Waals surface area (Å²) in [7, 11) is 0. The second kappa shape index (κ2) is 10.5. The molecule has 9 nitrogen and oxygen atoms in total. The molecule has 7 rings (SSSR count). The predicted molar refractivity (Wildman–Crippen MR) is 148 cm³/mol. The summed E-state index contributed by atoms with van der Waals surface area (Å²) in [6, 6.07) is 10.4. The number of amides is 2. The molecule has 1 aromatic heterocycles. The Bertz CT molecular complexity index is 1610. The molecule has 0 unspecified atom stereocenters. The summed E-state index contributed by atoms with van der Waals surface area (Å²) in [4.78, 5) is 30.8. The zero-order valence-electron chi connectivity index (χ0n) is 23.0. The van der Waals surface area contributed by atoms with Crippen LogP contribution in [0.3, 0.4) is 0 Å². The van der Waals surface area contributed by atoms with E-state index >= 15 is 0 Å². The number of aliphatic hydroxyl groups is 1. The van der Waals surface area contributed by atoms with Crippen LogP contribution >= 0.6 is 0 Å². The molecule has 4 aliphatic rings. The molecule has 43 heavy (non-hydrogen) atoms. The number of rotatable bonds is 6. The molecule has 1 saturated carbocycles. The molecule has 3 aliphatic heterocycles. The third kappa shape index (κ3) is 5.40. The second-order valence-electron chi connectivity index (χ2n) is 11.5. The Kier molecular flexibility index (Phi) is 6.77. The molecule has 2 amide bonds. The minimum absolute atomic E-state index is 0.0482. The fraction of sp³-hybridized carbons (Fsp3) is 0.387. The summed E-state index contributed by atoms with van der Waals surface area (Å²) in [6.07, 6.45) is -1.72. The van der Waals surface area contributed by atoms with Crippen LogP contribution in [0.1, 0.15) is 57.8 Å². The van der Waals surface area contributed by atoms with Gasteiger partial charge in [0.1, 0.15) is 29.2 Å². The lowest BCUT2D eigenvalue weighted by molar-refractivity contribution is -0.138. The summed E-state index contributed by atoms with van der Waals surface area (Å²) in [6.45, 7) is 0.978. The summed E-state index contributed by atoms with van der Waals surface area (Å²) in [5, 5.41) is 15.5. The van der Waals surface area contributed by atoms with Crippen molar-refractivity contribution in [3.05, 3.63) is 76.5 Å². The first-order valence-electron chi connectivity index (χ1n) is 14.3. The van der Waals surface area contributed by atoms with Crippen molar-refractivity contribution in [3.8, 4) is 17.2 Å². The third-order valence-electron chi connectivity index (χ3n) is 8.51. The number of nitrogens with zero attached hydrogens (tertiary/aromatic N) is 2. The number of benzene rings is 2. The SMILES string of the molecule is O=C1CCc2c(Oc3ccc4c(c3)[C@H]3[C@@H](NC(=O)c5ccc(CN6CCC[C@H](O)C6)c(C(F)(F)F)c5)[C@H]3O4)ccnc2N1. The van der Waals surface area contributed by atoms with Crippen molar-refractivity contribution in [2.75, 3.05) is 18.4 Å². The number of carbonyl (C=O) groups excluding carboxylic acids is 2. The summed E-state index contributed by atoms with van der Waals surface area (Å²) < 4.78 is 54.1. The molecule has 1 aliphatic carbocycles. The van der Waals surface area contributed by atoms with E-state index in [1.807, 2.05) is 6.07 Å². The van der Waals surface area contributed by atoms with Crippen molar-refractivity contribution in [1.82, 2.24) is 15.2 Å². The van der Waals surface area contributed by atoms with Crippen molar-refractivity contribution in [2.45, 2.75) is 62.6 Å². The number of halogens is 3. The van der Waals surface area contributed by atoms with E-state index in [0.29, 0.717) is 55.4 Å². The van der Waals surface area contributed by atoms with Gasteiger partial charge in [-0.05, 0) is 67.8 Å². The van der Waals surface area contributed by atoms with E-state index in [0.717, 1.165) is 23.6 Å². The summed E-state index contributed by atoms with van der Waals surface area (Å²) in [5.41, 5.74) is 0.804. The molecule has 4 atom stereocenters. The fourth-order valence-electron chi connectivity index (χ4n) is 6.33. The molecule has 0 radical (unpaired) electrons. The number of piperidine rings is 1. The van der Waals surface area contributed by atoms with Gasteiger partial charge in [0.25, 0.3) is 5.91 Å². The van der Waals surface area contributed by atoms with Gasteiger partial charge in [-0.3, -0.25) is 14.5 Å². The molecule has 3 N–H and O–H groups in total. The topological polar surface area (TPSA) is 113 Å². The van der Waals surface area contributed by atoms with E-state index in [9.17, 15) is 27.9 Å². The van der Waals surface area contributed by atoms with Gasteiger partial charge < -0.3 is 25.2 Å². The highest BCUT2D eigenvalue weighted by molar-refractivity contribution is 5.95. The van der Waals surface area contributed by atoms with Crippen molar-refractivity contribution in [2.24, 2.45) is 0 Å². The van der Waals surface area contributed by atoms with Crippen molar-refractivity contribution in [3.63, 3.8) is 0 Å². The maximum atomic E-state index is 14.0. The Labute approximate surface area is 245 Å². The third-order valence-corrected chi connectivity index (χ3v) is 8.51. The zero-order chi connectivity index (χ0) is 29.9. The maximum absolute atomic E-state index is 14.0. The zero-order valence-corrected chi connectivity index (χ0v) is 23.0. The lowest BCUT2D eigenvalue weighted by Gasteiger charge is -2.30. The number of ether oxygens (including phenoxy) is 2. The van der Waals surface area contributed by atoms with Crippen LogP contribution in [0.5, 0.6) is 17.2 Å². The van der Waals surface area contributed by atoms with Crippen molar-refractivity contribution >= 4 is 17.6 Å². The first-order valence-corrected chi connectivity index (χ1v) is 14.3. The highest BCUT2D eigenvalue weighted by atomic mass is 19.4. The summed E-state index contributed by atoms with van der Waals surface area (Å²) >= 11 is 0. The number of pyridine rings is 1. The predicted octanol–water partition coefficient (Wildman–Crippen LogP) is 4.39. The minimum atomic E-state index is -4.63. The van der Waals surface area contributed by atoms with Crippen LogP contribution in [-0.4, -0.2) is 58.1 Å². The molecule has 2 aromatic carbocycles. The molecule has 4 heterocycles. The normalized spacial score (nSPS) is 24.2. The Balaban J connectivity index is 1.05. The molecule has 0 bridgehead atoms. The number of aromatic nitrogens is 1. The Morgan fingerprint density at radius 1 is 1.19 bits per heavy atom. The first kappa shape index (κ1) is 27.7. The Morgan fingerprint density at radius 2 is 2.05 bits per heavy atom. The average molecular weight is 595 g/mol. The lowest BCUT2D eigenvalue weighted by Crippen LogP contribution is -2.38. The average Bonchev–Trinajstić information content (AvgIpc) is 3.48. The Hall–Kier alpha value is -4.16. The number of hydrogen-bond donors (Lipinski definition) is 3. The largest absolute Gasteiger partial charge is 0.487 e. The van der Waals surface area contributed by atoms with Gasteiger partial charge in [-0.25, -0.2) is 4.98 Å². The highest BCUT2D eigenvalue weighted by Gasteiger charge is 2.59. The van der Waals surface area contributed by atoms with Crippen LogP contribution in [0.2, 0.25) is 0 Å². The van der Waals surface area contributed by atoms with Gasteiger partial charge in [0.15, 0.2) is 0 Å². The van der Waals surface area contributed by atoms with E-state index < -0.39 is 23.8 Å². The number of fused-ring (bicyclic) bond motifs is 4. The minimum Gasteiger partial charge on any atom is -0.487 e. The quantitative estimate of drug-likeness (QED) is 0.388. The summed E-state index contributed by atoms with van der Waals surface area (Å²) in [5.74, 6) is 1.44. The molecular formula is C31H29F3N4O5. The fourth-order valence-corrected chi connectivity index (χ4v) is 6.33. The standard InChI is InChI=1S/C31H29F3N4O5/c32-31(33,34)22-12-16(3-4-17(22)14-38-11-1-2-18(39)15-38)30(41)37-27-26-21-13-19(5-7-23(21)43-28(26)27)42-24-9-10-35-29-20(24)6-8-25(40)36-29/h3-5,7,9-10,12-13,18,26-28,39H,1-2,6,8,11,14-15H2,(H,37,41)(H,35,36,40)/t18-,26-,27+,28-/m0/s1. The van der Waals surface area contributed by atoms with E-state index in [1.54, 1.807) is 29.3 Å². The monoisotopic (exact) mass is 594 g/mol. The number of nitrogens with one attached hydrogen (secondary N) is 2. The molecule has 2 fully saturated rings. The van der Waals surface area contributed by atoms with E-state index in [2.05, 4.69) is 15.6 Å². The first-order chi connectivity index (χ1) is 20.6. The van der Waals surface area contributed by atoms with Gasteiger partial charge in [-0.15, -0.1) is 0 Å². The number of likely N-dealkylation sites (tertiary alicyclic amines) is 1. The van der Waals surface area contributed by atoms with Gasteiger partial charge >= 0.3 is 6.18 Å². The number of β-amino-alcohol motifs (C(OH)–C–C–N with tert-alkyl or cyclic N) is 1. The maximum Gasteiger partial charge on any atom is 0.416 e. The lowest BCUT2D eigenvalue weighted by atomic mass is 10.0. The van der Waals surface area contributed by atoms with Crippen LogP contribution in [0.15, 0.2) is 48.7 Å². The smallest absolute Gasteiger partial charge is 0.416 e. The molecule has 1 saturated heterocycles. The van der Waals surface area contributed by atoms with Crippen molar-refractivity contribution < 1.29 is 37.3 Å². The Morgan fingerprint density at radius 3 is 2.86 bits per heavy atom.